The fraction of sp³-hybridized carbons (Fsp3) is 0.286. The van der Waals surface area contributed by atoms with E-state index in [2.05, 4.69) is 10.3 Å². The number of aromatic amines is 1. The summed E-state index contributed by atoms with van der Waals surface area (Å²) < 4.78 is 5.29. The van der Waals surface area contributed by atoms with Gasteiger partial charge in [0.25, 0.3) is 0 Å². The number of hydrogen-bond acceptors (Lipinski definition) is 3. The molecule has 1 heterocycles. The second kappa shape index (κ2) is 5.64. The first kappa shape index (κ1) is 13.9. The number of amides is 1. The highest BCUT2D eigenvalue weighted by Gasteiger charge is 2.21. The molecule has 0 aliphatic carbocycles. The second-order valence-corrected chi connectivity index (χ2v) is 4.49. The van der Waals surface area contributed by atoms with Gasteiger partial charge in [0, 0.05) is 30.4 Å². The van der Waals surface area contributed by atoms with Crippen LogP contribution in [0, 0.1) is 0 Å². The SMILES string of the molecule is COc1cccc2[nH]cc(CC(NC(C)=O)C(=O)O)c12. The molecule has 0 fully saturated rings. The van der Waals surface area contributed by atoms with E-state index in [0.717, 1.165) is 16.5 Å². The predicted octanol–water partition coefficient (Wildman–Crippen LogP) is 1.31. The van der Waals surface area contributed by atoms with Gasteiger partial charge in [-0.25, -0.2) is 4.79 Å². The Hall–Kier alpha value is -2.50. The van der Waals surface area contributed by atoms with Crippen LogP contribution in [0.4, 0.5) is 0 Å². The van der Waals surface area contributed by atoms with Crippen LogP contribution in [0.5, 0.6) is 5.75 Å². The van der Waals surface area contributed by atoms with Crippen LogP contribution in [0.3, 0.4) is 0 Å². The predicted molar refractivity (Wildman–Crippen MR) is 73.8 cm³/mol. The molecule has 0 radical (unpaired) electrons. The molecule has 0 saturated carbocycles. The van der Waals surface area contributed by atoms with Gasteiger partial charge in [0.1, 0.15) is 11.8 Å². The van der Waals surface area contributed by atoms with E-state index in [1.54, 1.807) is 13.3 Å². The largest absolute Gasteiger partial charge is 0.496 e. The highest BCUT2D eigenvalue weighted by atomic mass is 16.5. The van der Waals surface area contributed by atoms with Crippen molar-refractivity contribution in [1.29, 1.82) is 0 Å². The summed E-state index contributed by atoms with van der Waals surface area (Å²) in [6.45, 7) is 1.30. The molecule has 0 aliphatic rings. The molecule has 6 heteroatoms. The Kier molecular flexibility index (Phi) is 3.93. The Labute approximate surface area is 115 Å². The zero-order valence-corrected chi connectivity index (χ0v) is 11.3. The van der Waals surface area contributed by atoms with Crippen molar-refractivity contribution in [2.24, 2.45) is 0 Å². The van der Waals surface area contributed by atoms with Crippen molar-refractivity contribution in [3.05, 3.63) is 30.0 Å². The quantitative estimate of drug-likeness (QED) is 0.767. The minimum Gasteiger partial charge on any atom is -0.496 e. The van der Waals surface area contributed by atoms with Gasteiger partial charge < -0.3 is 20.1 Å². The van der Waals surface area contributed by atoms with Crippen LogP contribution in [-0.4, -0.2) is 35.1 Å². The van der Waals surface area contributed by atoms with Gasteiger partial charge in [-0.1, -0.05) is 6.07 Å². The maximum atomic E-state index is 11.2. The van der Waals surface area contributed by atoms with Gasteiger partial charge in [0.05, 0.1) is 7.11 Å². The van der Waals surface area contributed by atoms with Crippen LogP contribution < -0.4 is 10.1 Å². The van der Waals surface area contributed by atoms with E-state index in [4.69, 9.17) is 9.84 Å². The maximum absolute atomic E-state index is 11.2. The van der Waals surface area contributed by atoms with E-state index < -0.39 is 12.0 Å². The molecular formula is C14H16N2O4. The first-order chi connectivity index (χ1) is 9.52. The normalized spacial score (nSPS) is 12.1. The van der Waals surface area contributed by atoms with Gasteiger partial charge in [-0.2, -0.15) is 0 Å². The summed E-state index contributed by atoms with van der Waals surface area (Å²) in [5, 5.41) is 12.4. The number of methoxy groups -OCH3 is 1. The summed E-state index contributed by atoms with van der Waals surface area (Å²) in [6.07, 6.45) is 1.93. The van der Waals surface area contributed by atoms with Crippen LogP contribution in [-0.2, 0) is 16.0 Å². The molecule has 6 nitrogen and oxygen atoms in total. The number of ether oxygens (including phenoxy) is 1. The van der Waals surface area contributed by atoms with Crippen LogP contribution in [0.1, 0.15) is 12.5 Å². The van der Waals surface area contributed by atoms with E-state index >= 15 is 0 Å². The van der Waals surface area contributed by atoms with Crippen molar-refractivity contribution in [2.75, 3.05) is 7.11 Å². The fourth-order valence-electron chi connectivity index (χ4n) is 2.22. The third kappa shape index (κ3) is 2.74. The molecule has 0 bridgehead atoms. The van der Waals surface area contributed by atoms with Gasteiger partial charge >= 0.3 is 5.97 Å². The van der Waals surface area contributed by atoms with Crippen LogP contribution in [0.2, 0.25) is 0 Å². The monoisotopic (exact) mass is 276 g/mol. The molecule has 0 saturated heterocycles. The number of rotatable bonds is 5. The lowest BCUT2D eigenvalue weighted by molar-refractivity contribution is -0.141. The minimum absolute atomic E-state index is 0.190. The molecule has 106 valence electrons. The average molecular weight is 276 g/mol. The smallest absolute Gasteiger partial charge is 0.326 e. The van der Waals surface area contributed by atoms with E-state index in [1.807, 2.05) is 18.2 Å². The van der Waals surface area contributed by atoms with Gasteiger partial charge in [-0.15, -0.1) is 0 Å². The number of aliphatic carboxylic acids is 1. The molecule has 0 spiro atoms. The lowest BCUT2D eigenvalue weighted by Crippen LogP contribution is -2.41. The topological polar surface area (TPSA) is 91.4 Å². The lowest BCUT2D eigenvalue weighted by Gasteiger charge is -2.13. The maximum Gasteiger partial charge on any atom is 0.326 e. The first-order valence-electron chi connectivity index (χ1n) is 6.15. The highest BCUT2D eigenvalue weighted by Crippen LogP contribution is 2.29. The number of carbonyl (C=O) groups excluding carboxylic acids is 1. The molecular weight excluding hydrogens is 260 g/mol. The van der Waals surface area contributed by atoms with Gasteiger partial charge in [0.15, 0.2) is 0 Å². The van der Waals surface area contributed by atoms with Crippen molar-refractivity contribution in [1.82, 2.24) is 10.3 Å². The molecule has 1 amide bonds. The van der Waals surface area contributed by atoms with Gasteiger partial charge in [0.2, 0.25) is 5.91 Å². The highest BCUT2D eigenvalue weighted by molar-refractivity contribution is 5.90. The number of benzene rings is 1. The second-order valence-electron chi connectivity index (χ2n) is 4.49. The van der Waals surface area contributed by atoms with Crippen molar-refractivity contribution >= 4 is 22.8 Å². The third-order valence-corrected chi connectivity index (χ3v) is 3.07. The number of aromatic nitrogens is 1. The summed E-state index contributed by atoms with van der Waals surface area (Å²) in [5.74, 6) is -0.764. The molecule has 1 unspecified atom stereocenters. The Morgan fingerprint density at radius 3 is 2.80 bits per heavy atom. The molecule has 1 atom stereocenters. The summed E-state index contributed by atoms with van der Waals surface area (Å²) in [5.41, 5.74) is 1.66. The summed E-state index contributed by atoms with van der Waals surface area (Å²) in [4.78, 5) is 25.3. The molecule has 3 N–H and O–H groups in total. The Morgan fingerprint density at radius 2 is 2.20 bits per heavy atom. The molecule has 20 heavy (non-hydrogen) atoms. The molecule has 1 aromatic heterocycles. The van der Waals surface area contributed by atoms with Crippen molar-refractivity contribution in [2.45, 2.75) is 19.4 Å². The number of carboxylic acids is 1. The number of hydrogen-bond donors (Lipinski definition) is 3. The van der Waals surface area contributed by atoms with Crippen LogP contribution >= 0.6 is 0 Å². The van der Waals surface area contributed by atoms with Crippen molar-refractivity contribution < 1.29 is 19.4 Å². The van der Waals surface area contributed by atoms with E-state index in [1.165, 1.54) is 6.92 Å². The Morgan fingerprint density at radius 1 is 1.45 bits per heavy atom. The lowest BCUT2D eigenvalue weighted by atomic mass is 10.0. The third-order valence-electron chi connectivity index (χ3n) is 3.07. The summed E-state index contributed by atoms with van der Waals surface area (Å²) in [6, 6.07) is 4.59. The van der Waals surface area contributed by atoms with E-state index in [-0.39, 0.29) is 12.3 Å². The molecule has 2 aromatic rings. The zero-order chi connectivity index (χ0) is 14.7. The minimum atomic E-state index is -1.07. The standard InChI is InChI=1S/C14H16N2O4/c1-8(17)16-11(14(18)19)6-9-7-15-10-4-3-5-12(20-2)13(9)10/h3-5,7,11,15H,6H2,1-2H3,(H,16,17)(H,18,19). The number of carboxylic acid groups (broad SMARTS) is 1. The molecule has 2 rings (SSSR count). The number of H-pyrrole nitrogens is 1. The zero-order valence-electron chi connectivity index (χ0n) is 11.3. The fourth-order valence-corrected chi connectivity index (χ4v) is 2.22. The van der Waals surface area contributed by atoms with Gasteiger partial charge in [-0.05, 0) is 17.7 Å². The van der Waals surface area contributed by atoms with E-state index in [0.29, 0.717) is 5.75 Å². The Bertz CT molecular complexity index is 648. The van der Waals surface area contributed by atoms with Crippen molar-refractivity contribution in [3.8, 4) is 5.75 Å². The Balaban J connectivity index is 2.37. The van der Waals surface area contributed by atoms with Crippen LogP contribution in [0.15, 0.2) is 24.4 Å². The first-order valence-corrected chi connectivity index (χ1v) is 6.15. The van der Waals surface area contributed by atoms with Gasteiger partial charge in [-0.3, -0.25) is 4.79 Å². The molecule has 1 aromatic carbocycles. The molecule has 0 aliphatic heterocycles. The number of nitrogens with one attached hydrogen (secondary N) is 2. The van der Waals surface area contributed by atoms with Crippen LogP contribution in [0.25, 0.3) is 10.9 Å². The van der Waals surface area contributed by atoms with E-state index in [9.17, 15) is 9.59 Å². The van der Waals surface area contributed by atoms with Crippen molar-refractivity contribution in [3.63, 3.8) is 0 Å². The summed E-state index contributed by atoms with van der Waals surface area (Å²) in [7, 11) is 1.56. The number of fused-ring (bicyclic) bond motifs is 1. The number of carbonyl (C=O) groups is 2. The average Bonchev–Trinajstić information content (AvgIpc) is 2.80. The summed E-state index contributed by atoms with van der Waals surface area (Å²) >= 11 is 0.